The highest BCUT2D eigenvalue weighted by Crippen LogP contribution is 2.41. The minimum Gasteiger partial charge on any atom is -0.497 e. The van der Waals surface area contributed by atoms with Gasteiger partial charge in [0.25, 0.3) is 0 Å². The lowest BCUT2D eigenvalue weighted by Crippen LogP contribution is -2.42. The van der Waals surface area contributed by atoms with E-state index in [1.54, 1.807) is 7.11 Å². The van der Waals surface area contributed by atoms with Gasteiger partial charge in [0.15, 0.2) is 10.9 Å². The number of thiocarbonyl (C=S) groups is 1. The van der Waals surface area contributed by atoms with E-state index in [4.69, 9.17) is 21.7 Å². The van der Waals surface area contributed by atoms with Gasteiger partial charge in [-0.1, -0.05) is 57.2 Å². The third kappa shape index (κ3) is 5.88. The van der Waals surface area contributed by atoms with E-state index in [1.165, 1.54) is 5.56 Å². The standard InChI is InChI=1S/C30H34N2O3S/c1-29(2,3)21-12-10-19(11-13-21)27(33)20-8-7-9-22(16-20)31-28(36)32-25-18-30(4,5)35-26-15-14-23(34-6)17-24(25)26/h7-17,25H,18H2,1-6H3,(H2,31,32,36)/t25-/m0/s1. The Balaban J connectivity index is 1.48. The van der Waals surface area contributed by atoms with Crippen molar-refractivity contribution in [2.24, 2.45) is 0 Å². The fraction of sp³-hybridized carbons (Fsp3) is 0.333. The van der Waals surface area contributed by atoms with Gasteiger partial charge in [-0.05, 0) is 67.4 Å². The van der Waals surface area contributed by atoms with Crippen molar-refractivity contribution in [3.63, 3.8) is 0 Å². The van der Waals surface area contributed by atoms with Gasteiger partial charge >= 0.3 is 0 Å². The summed E-state index contributed by atoms with van der Waals surface area (Å²) in [5.74, 6) is 1.56. The fourth-order valence-corrected chi connectivity index (χ4v) is 4.70. The molecule has 6 heteroatoms. The number of anilines is 1. The van der Waals surface area contributed by atoms with E-state index in [0.717, 1.165) is 29.2 Å². The lowest BCUT2D eigenvalue weighted by Gasteiger charge is -2.38. The summed E-state index contributed by atoms with van der Waals surface area (Å²) in [4.78, 5) is 13.1. The molecule has 1 aliphatic heterocycles. The zero-order chi connectivity index (χ0) is 26.1. The predicted molar refractivity (Wildman–Crippen MR) is 149 cm³/mol. The Kier molecular flexibility index (Phi) is 7.10. The number of methoxy groups -OCH3 is 1. The van der Waals surface area contributed by atoms with Crippen LogP contribution in [0.2, 0.25) is 0 Å². The minimum absolute atomic E-state index is 0.0230. The van der Waals surface area contributed by atoms with E-state index >= 15 is 0 Å². The molecular formula is C30H34N2O3S. The number of ether oxygens (including phenoxy) is 2. The highest BCUT2D eigenvalue weighted by atomic mass is 32.1. The summed E-state index contributed by atoms with van der Waals surface area (Å²) in [6.45, 7) is 10.6. The van der Waals surface area contributed by atoms with E-state index in [0.29, 0.717) is 16.2 Å². The molecule has 0 spiro atoms. The second kappa shape index (κ2) is 9.94. The molecule has 0 aliphatic carbocycles. The highest BCUT2D eigenvalue weighted by molar-refractivity contribution is 7.80. The Morgan fingerprint density at radius 1 is 1.03 bits per heavy atom. The molecule has 188 valence electrons. The number of carbonyl (C=O) groups excluding carboxylic acids is 1. The smallest absolute Gasteiger partial charge is 0.193 e. The van der Waals surface area contributed by atoms with Gasteiger partial charge in [0.05, 0.1) is 13.2 Å². The molecule has 0 saturated carbocycles. The second-order valence-corrected chi connectivity index (χ2v) is 11.3. The molecule has 0 saturated heterocycles. The van der Waals surface area contributed by atoms with Crippen LogP contribution < -0.4 is 20.1 Å². The van der Waals surface area contributed by atoms with Gasteiger partial charge in [-0.3, -0.25) is 4.79 Å². The Labute approximate surface area is 219 Å². The fourth-order valence-electron chi connectivity index (χ4n) is 4.44. The molecule has 0 unspecified atom stereocenters. The number of hydrogen-bond acceptors (Lipinski definition) is 4. The van der Waals surface area contributed by atoms with E-state index in [9.17, 15) is 4.79 Å². The Hall–Kier alpha value is -3.38. The number of ketones is 1. The van der Waals surface area contributed by atoms with Crippen molar-refractivity contribution in [3.8, 4) is 11.5 Å². The number of rotatable bonds is 5. The van der Waals surface area contributed by atoms with Crippen LogP contribution in [0.1, 0.15) is 74.1 Å². The van der Waals surface area contributed by atoms with E-state index < -0.39 is 0 Å². The molecule has 5 nitrogen and oxygen atoms in total. The molecule has 0 amide bonds. The largest absolute Gasteiger partial charge is 0.497 e. The molecule has 1 atom stereocenters. The number of benzene rings is 3. The third-order valence-corrected chi connectivity index (χ3v) is 6.60. The average Bonchev–Trinajstić information content (AvgIpc) is 2.82. The molecule has 1 heterocycles. The lowest BCUT2D eigenvalue weighted by atomic mass is 9.86. The Morgan fingerprint density at radius 2 is 1.75 bits per heavy atom. The van der Waals surface area contributed by atoms with Crippen LogP contribution in [0.25, 0.3) is 0 Å². The van der Waals surface area contributed by atoms with Gasteiger partial charge in [-0.25, -0.2) is 0 Å². The summed E-state index contributed by atoms with van der Waals surface area (Å²) in [7, 11) is 1.65. The third-order valence-electron chi connectivity index (χ3n) is 6.38. The van der Waals surface area contributed by atoms with Crippen molar-refractivity contribution in [3.05, 3.63) is 89.0 Å². The molecule has 3 aromatic rings. The van der Waals surface area contributed by atoms with Crippen LogP contribution in [-0.2, 0) is 5.41 Å². The molecular weight excluding hydrogens is 468 g/mol. The van der Waals surface area contributed by atoms with Gasteiger partial charge in [-0.2, -0.15) is 0 Å². The van der Waals surface area contributed by atoms with Crippen molar-refractivity contribution in [1.82, 2.24) is 5.32 Å². The first-order valence-corrected chi connectivity index (χ1v) is 12.6. The van der Waals surface area contributed by atoms with Crippen LogP contribution in [0, 0.1) is 0 Å². The first-order chi connectivity index (χ1) is 16.9. The Morgan fingerprint density at radius 3 is 2.42 bits per heavy atom. The summed E-state index contributed by atoms with van der Waals surface area (Å²) >= 11 is 5.65. The topological polar surface area (TPSA) is 59.6 Å². The number of hydrogen-bond donors (Lipinski definition) is 2. The summed E-state index contributed by atoms with van der Waals surface area (Å²) in [6.07, 6.45) is 0.734. The summed E-state index contributed by atoms with van der Waals surface area (Å²) < 4.78 is 11.6. The molecule has 0 radical (unpaired) electrons. The summed E-state index contributed by atoms with van der Waals surface area (Å²) in [5.41, 5.74) is 3.91. The molecule has 0 aromatic heterocycles. The predicted octanol–water partition coefficient (Wildman–Crippen LogP) is 6.81. The summed E-state index contributed by atoms with van der Waals surface area (Å²) in [6, 6.07) is 21.0. The number of fused-ring (bicyclic) bond motifs is 1. The first-order valence-electron chi connectivity index (χ1n) is 12.1. The van der Waals surface area contributed by atoms with Crippen LogP contribution in [0.5, 0.6) is 11.5 Å². The van der Waals surface area contributed by atoms with Crippen molar-refractivity contribution >= 4 is 28.8 Å². The molecule has 2 N–H and O–H groups in total. The van der Waals surface area contributed by atoms with Gasteiger partial charge in [0.1, 0.15) is 17.1 Å². The molecule has 0 bridgehead atoms. The van der Waals surface area contributed by atoms with Crippen molar-refractivity contribution in [2.75, 3.05) is 12.4 Å². The second-order valence-electron chi connectivity index (χ2n) is 10.9. The molecule has 36 heavy (non-hydrogen) atoms. The van der Waals surface area contributed by atoms with E-state index in [2.05, 4.69) is 45.3 Å². The maximum absolute atomic E-state index is 13.1. The average molecular weight is 503 g/mol. The first kappa shape index (κ1) is 25.7. The van der Waals surface area contributed by atoms with Crippen molar-refractivity contribution in [2.45, 2.75) is 58.1 Å². The molecule has 0 fully saturated rings. The van der Waals surface area contributed by atoms with Crippen LogP contribution in [0.15, 0.2) is 66.7 Å². The van der Waals surface area contributed by atoms with Crippen molar-refractivity contribution in [1.29, 1.82) is 0 Å². The van der Waals surface area contributed by atoms with E-state index in [1.807, 2.05) is 66.7 Å². The van der Waals surface area contributed by atoms with E-state index in [-0.39, 0.29) is 22.8 Å². The van der Waals surface area contributed by atoms with Gasteiger partial charge in [0, 0.05) is 28.8 Å². The quantitative estimate of drug-likeness (QED) is 0.295. The normalized spacial score (nSPS) is 16.3. The Bertz CT molecular complexity index is 1280. The monoisotopic (exact) mass is 502 g/mol. The summed E-state index contributed by atoms with van der Waals surface area (Å²) in [5, 5.41) is 7.16. The molecule has 1 aliphatic rings. The van der Waals surface area contributed by atoms with Gasteiger partial charge in [-0.15, -0.1) is 0 Å². The van der Waals surface area contributed by atoms with Gasteiger partial charge in [0.2, 0.25) is 0 Å². The SMILES string of the molecule is COc1ccc2c(c1)[C@@H](NC(=S)Nc1cccc(C(=O)c3ccc(C(C)(C)C)cc3)c1)CC(C)(C)O2. The maximum Gasteiger partial charge on any atom is 0.193 e. The highest BCUT2D eigenvalue weighted by Gasteiger charge is 2.34. The number of carbonyl (C=O) groups is 1. The van der Waals surface area contributed by atoms with Crippen LogP contribution in [0.3, 0.4) is 0 Å². The van der Waals surface area contributed by atoms with Crippen LogP contribution in [0.4, 0.5) is 5.69 Å². The number of nitrogens with one attached hydrogen (secondary N) is 2. The van der Waals surface area contributed by atoms with Crippen LogP contribution in [-0.4, -0.2) is 23.6 Å². The van der Waals surface area contributed by atoms with Crippen molar-refractivity contribution < 1.29 is 14.3 Å². The zero-order valence-electron chi connectivity index (χ0n) is 21.8. The minimum atomic E-state index is -0.344. The van der Waals surface area contributed by atoms with Gasteiger partial charge < -0.3 is 20.1 Å². The maximum atomic E-state index is 13.1. The molecule has 4 rings (SSSR count). The van der Waals surface area contributed by atoms with Crippen LogP contribution >= 0.6 is 12.2 Å². The lowest BCUT2D eigenvalue weighted by molar-refractivity contribution is 0.0695. The zero-order valence-corrected chi connectivity index (χ0v) is 22.6. The molecule has 3 aromatic carbocycles.